The fourth-order valence-corrected chi connectivity index (χ4v) is 4.88. The van der Waals surface area contributed by atoms with Gasteiger partial charge >= 0.3 is 0 Å². The van der Waals surface area contributed by atoms with Gasteiger partial charge in [-0.25, -0.2) is 4.98 Å². The molecule has 0 fully saturated rings. The lowest BCUT2D eigenvalue weighted by atomic mass is 10.1. The predicted octanol–water partition coefficient (Wildman–Crippen LogP) is 3.56. The Morgan fingerprint density at radius 3 is 2.71 bits per heavy atom. The third kappa shape index (κ3) is 4.42. The Kier molecular flexibility index (Phi) is 5.97. The van der Waals surface area contributed by atoms with Crippen LogP contribution in [0.5, 0.6) is 0 Å². The lowest BCUT2D eigenvalue weighted by Gasteiger charge is -2.11. The van der Waals surface area contributed by atoms with Crippen molar-refractivity contribution in [2.24, 2.45) is 0 Å². The van der Waals surface area contributed by atoms with Gasteiger partial charge in [-0.05, 0) is 42.5 Å². The molecular weight excluding hydrogens is 432 g/mol. The number of hydrogen-bond acceptors (Lipinski definition) is 6. The third-order valence-electron chi connectivity index (χ3n) is 4.99. The molecule has 4 rings (SSSR count). The van der Waals surface area contributed by atoms with Crippen LogP contribution < -0.4 is 16.2 Å². The van der Waals surface area contributed by atoms with Crippen LogP contribution in [0.15, 0.2) is 52.2 Å². The van der Waals surface area contributed by atoms with Gasteiger partial charge in [-0.1, -0.05) is 18.2 Å². The molecule has 9 heteroatoms. The molecule has 1 aromatic carbocycles. The maximum atomic E-state index is 13.0. The Morgan fingerprint density at radius 2 is 1.94 bits per heavy atom. The molecule has 0 saturated heterocycles. The minimum absolute atomic E-state index is 0.185. The number of thiophene rings is 2. The number of amides is 2. The SMILES string of the molecule is Cc1cccc(NC(=O)CNC(=O)Cn2cnc3scc(-c4cccs4)c3c2=O)c1C. The van der Waals surface area contributed by atoms with Crippen LogP contribution in [0.1, 0.15) is 11.1 Å². The summed E-state index contributed by atoms with van der Waals surface area (Å²) in [4.78, 5) is 43.5. The molecule has 0 unspecified atom stereocenters. The van der Waals surface area contributed by atoms with E-state index in [9.17, 15) is 14.4 Å². The van der Waals surface area contributed by atoms with Gasteiger partial charge in [-0.15, -0.1) is 22.7 Å². The van der Waals surface area contributed by atoms with E-state index in [-0.39, 0.29) is 24.6 Å². The second kappa shape index (κ2) is 8.83. The Balaban J connectivity index is 1.43. The average Bonchev–Trinajstić information content (AvgIpc) is 3.42. The van der Waals surface area contributed by atoms with Crippen LogP contribution >= 0.6 is 22.7 Å². The molecule has 2 amide bonds. The quantitative estimate of drug-likeness (QED) is 0.468. The average molecular weight is 453 g/mol. The van der Waals surface area contributed by atoms with Crippen molar-refractivity contribution in [1.29, 1.82) is 0 Å². The normalized spacial score (nSPS) is 10.9. The monoisotopic (exact) mass is 452 g/mol. The standard InChI is InChI=1S/C22H20N4O3S2/c1-13-5-3-6-16(14(13)2)25-18(27)9-23-19(28)10-26-12-24-21-20(22(26)29)15(11-31-21)17-7-4-8-30-17/h3-8,11-12H,9-10H2,1-2H3,(H,23,28)(H,25,27). The Labute approximate surface area is 186 Å². The zero-order valence-corrected chi connectivity index (χ0v) is 18.6. The van der Waals surface area contributed by atoms with Crippen LogP contribution in [0, 0.1) is 13.8 Å². The molecule has 0 spiro atoms. The van der Waals surface area contributed by atoms with Gasteiger partial charge in [-0.3, -0.25) is 19.0 Å². The Hall–Kier alpha value is -3.30. The highest BCUT2D eigenvalue weighted by Crippen LogP contribution is 2.33. The van der Waals surface area contributed by atoms with E-state index in [2.05, 4.69) is 15.6 Å². The van der Waals surface area contributed by atoms with E-state index >= 15 is 0 Å². The van der Waals surface area contributed by atoms with Gasteiger partial charge in [0.15, 0.2) is 0 Å². The molecule has 158 valence electrons. The number of rotatable bonds is 6. The maximum absolute atomic E-state index is 13.0. The fourth-order valence-electron chi connectivity index (χ4n) is 3.16. The number of hydrogen-bond donors (Lipinski definition) is 2. The van der Waals surface area contributed by atoms with Crippen LogP contribution in [-0.4, -0.2) is 27.9 Å². The summed E-state index contributed by atoms with van der Waals surface area (Å²) in [6.45, 7) is 3.49. The second-order valence-electron chi connectivity index (χ2n) is 7.06. The van der Waals surface area contributed by atoms with Gasteiger partial charge < -0.3 is 10.6 Å². The van der Waals surface area contributed by atoms with Gasteiger partial charge in [0.25, 0.3) is 5.56 Å². The molecule has 3 heterocycles. The topological polar surface area (TPSA) is 93.1 Å². The van der Waals surface area contributed by atoms with E-state index in [1.165, 1.54) is 22.2 Å². The number of aryl methyl sites for hydroxylation is 1. The van der Waals surface area contributed by atoms with Crippen molar-refractivity contribution in [3.8, 4) is 10.4 Å². The number of nitrogens with one attached hydrogen (secondary N) is 2. The van der Waals surface area contributed by atoms with E-state index in [4.69, 9.17) is 0 Å². The van der Waals surface area contributed by atoms with E-state index < -0.39 is 5.91 Å². The van der Waals surface area contributed by atoms with Crippen LogP contribution in [0.3, 0.4) is 0 Å². The van der Waals surface area contributed by atoms with Crippen molar-refractivity contribution in [3.63, 3.8) is 0 Å². The number of carbonyl (C=O) groups excluding carboxylic acids is 2. The van der Waals surface area contributed by atoms with Crippen molar-refractivity contribution < 1.29 is 9.59 Å². The highest BCUT2D eigenvalue weighted by molar-refractivity contribution is 7.18. The number of benzene rings is 1. The first kappa shape index (κ1) is 21.0. The molecule has 2 N–H and O–H groups in total. The number of fused-ring (bicyclic) bond motifs is 1. The zero-order valence-electron chi connectivity index (χ0n) is 17.0. The molecule has 0 aliphatic heterocycles. The first-order chi connectivity index (χ1) is 14.9. The Morgan fingerprint density at radius 1 is 1.10 bits per heavy atom. The van der Waals surface area contributed by atoms with Crippen LogP contribution in [0.4, 0.5) is 5.69 Å². The minimum atomic E-state index is -0.438. The van der Waals surface area contributed by atoms with Crippen molar-refractivity contribution in [1.82, 2.24) is 14.9 Å². The fraction of sp³-hybridized carbons (Fsp3) is 0.182. The summed E-state index contributed by atoms with van der Waals surface area (Å²) in [7, 11) is 0. The molecule has 0 radical (unpaired) electrons. The summed E-state index contributed by atoms with van der Waals surface area (Å²) in [5.74, 6) is -0.770. The summed E-state index contributed by atoms with van der Waals surface area (Å²) < 4.78 is 1.27. The zero-order chi connectivity index (χ0) is 22.0. The first-order valence-electron chi connectivity index (χ1n) is 9.57. The highest BCUT2D eigenvalue weighted by Gasteiger charge is 2.15. The molecular formula is C22H20N4O3S2. The molecule has 3 aromatic heterocycles. The van der Waals surface area contributed by atoms with E-state index in [1.54, 1.807) is 11.3 Å². The number of nitrogens with zero attached hydrogens (tertiary/aromatic N) is 2. The summed E-state index contributed by atoms with van der Waals surface area (Å²) in [6, 6.07) is 9.52. The van der Waals surface area contributed by atoms with Gasteiger partial charge in [0.05, 0.1) is 18.3 Å². The van der Waals surface area contributed by atoms with E-state index in [0.717, 1.165) is 21.6 Å². The lowest BCUT2D eigenvalue weighted by molar-refractivity contribution is -0.124. The van der Waals surface area contributed by atoms with E-state index in [0.29, 0.717) is 15.9 Å². The minimum Gasteiger partial charge on any atom is -0.345 e. The van der Waals surface area contributed by atoms with Crippen molar-refractivity contribution in [2.75, 3.05) is 11.9 Å². The highest BCUT2D eigenvalue weighted by atomic mass is 32.1. The second-order valence-corrected chi connectivity index (χ2v) is 8.86. The molecule has 0 aliphatic carbocycles. The van der Waals surface area contributed by atoms with Crippen molar-refractivity contribution in [3.05, 3.63) is 68.9 Å². The maximum Gasteiger partial charge on any atom is 0.263 e. The van der Waals surface area contributed by atoms with Gasteiger partial charge in [0.1, 0.15) is 11.4 Å². The lowest BCUT2D eigenvalue weighted by Crippen LogP contribution is -2.37. The number of aromatic nitrogens is 2. The molecule has 7 nitrogen and oxygen atoms in total. The van der Waals surface area contributed by atoms with Gasteiger partial charge in [0, 0.05) is 21.5 Å². The summed E-state index contributed by atoms with van der Waals surface area (Å²) in [5, 5.41) is 9.72. The first-order valence-corrected chi connectivity index (χ1v) is 11.3. The molecule has 0 aliphatic rings. The summed E-state index contributed by atoms with van der Waals surface area (Å²) in [6.07, 6.45) is 1.37. The molecule has 0 bridgehead atoms. The van der Waals surface area contributed by atoms with Crippen molar-refractivity contribution in [2.45, 2.75) is 20.4 Å². The summed E-state index contributed by atoms with van der Waals surface area (Å²) in [5.41, 5.74) is 3.31. The molecule has 4 aromatic rings. The smallest absolute Gasteiger partial charge is 0.263 e. The number of carbonyl (C=O) groups is 2. The van der Waals surface area contributed by atoms with Crippen LogP contribution in [0.25, 0.3) is 20.7 Å². The third-order valence-corrected chi connectivity index (χ3v) is 6.78. The van der Waals surface area contributed by atoms with Crippen LogP contribution in [0.2, 0.25) is 0 Å². The molecule has 0 saturated carbocycles. The van der Waals surface area contributed by atoms with Crippen LogP contribution in [-0.2, 0) is 16.1 Å². The summed E-state index contributed by atoms with van der Waals surface area (Å²) >= 11 is 2.94. The molecule has 31 heavy (non-hydrogen) atoms. The van der Waals surface area contributed by atoms with E-state index in [1.807, 2.05) is 54.9 Å². The Bertz CT molecular complexity index is 1320. The van der Waals surface area contributed by atoms with Crippen molar-refractivity contribution >= 4 is 50.4 Å². The van der Waals surface area contributed by atoms with Gasteiger partial charge in [-0.2, -0.15) is 0 Å². The van der Waals surface area contributed by atoms with Gasteiger partial charge in [0.2, 0.25) is 11.8 Å². The number of anilines is 1. The molecule has 0 atom stereocenters. The largest absolute Gasteiger partial charge is 0.345 e. The predicted molar refractivity (Wildman–Crippen MR) is 125 cm³/mol.